The standard InChI is InChI=1S/C25H20N2O7S/c1-2-32-25(31)27-18-9-10-19-16(12-22(28)34-20(19)13-18)14-33-24(30)15-5-7-17(8-6-15)26-23(29)21-4-3-11-35-21/h3-13H,2,14H2,1H3,(H,26,29)(H,27,31). The van der Waals surface area contributed by atoms with Gasteiger partial charge in [0.15, 0.2) is 0 Å². The fraction of sp³-hybridized carbons (Fsp3) is 0.120. The largest absolute Gasteiger partial charge is 0.457 e. The summed E-state index contributed by atoms with van der Waals surface area (Å²) in [4.78, 5) is 48.9. The van der Waals surface area contributed by atoms with Gasteiger partial charge in [-0.1, -0.05) is 6.07 Å². The first kappa shape index (κ1) is 23.7. The number of anilines is 2. The number of fused-ring (bicyclic) bond motifs is 1. The lowest BCUT2D eigenvalue weighted by Crippen LogP contribution is -2.13. The number of amides is 2. The van der Waals surface area contributed by atoms with Crippen LogP contribution in [0, 0.1) is 0 Å². The monoisotopic (exact) mass is 492 g/mol. The summed E-state index contributed by atoms with van der Waals surface area (Å²) in [6.45, 7) is 1.74. The van der Waals surface area contributed by atoms with E-state index in [-0.39, 0.29) is 30.3 Å². The number of carbonyl (C=O) groups is 3. The van der Waals surface area contributed by atoms with Crippen LogP contribution >= 0.6 is 11.3 Å². The number of hydrogen-bond acceptors (Lipinski definition) is 8. The van der Waals surface area contributed by atoms with Gasteiger partial charge in [0.2, 0.25) is 0 Å². The Morgan fingerprint density at radius 2 is 1.71 bits per heavy atom. The molecule has 9 nitrogen and oxygen atoms in total. The summed E-state index contributed by atoms with van der Waals surface area (Å²) in [5.74, 6) is -0.825. The summed E-state index contributed by atoms with van der Waals surface area (Å²) >= 11 is 1.33. The van der Waals surface area contributed by atoms with Gasteiger partial charge in [-0.3, -0.25) is 10.1 Å². The summed E-state index contributed by atoms with van der Waals surface area (Å²) in [6, 6.07) is 15.8. The molecule has 0 spiro atoms. The molecule has 2 amide bonds. The second-order valence-corrected chi connectivity index (χ2v) is 8.18. The Morgan fingerprint density at radius 3 is 2.43 bits per heavy atom. The van der Waals surface area contributed by atoms with Crippen LogP contribution in [-0.2, 0) is 16.1 Å². The van der Waals surface area contributed by atoms with Crippen molar-refractivity contribution in [3.63, 3.8) is 0 Å². The number of thiophene rings is 1. The van der Waals surface area contributed by atoms with E-state index < -0.39 is 17.7 Å². The highest BCUT2D eigenvalue weighted by atomic mass is 32.1. The quantitative estimate of drug-likeness (QED) is 0.274. The second-order valence-electron chi connectivity index (χ2n) is 7.23. The predicted molar refractivity (Wildman–Crippen MR) is 131 cm³/mol. The zero-order valence-corrected chi connectivity index (χ0v) is 19.3. The average molecular weight is 493 g/mol. The highest BCUT2D eigenvalue weighted by molar-refractivity contribution is 7.12. The molecular weight excluding hydrogens is 472 g/mol. The molecule has 2 aromatic carbocycles. The average Bonchev–Trinajstić information content (AvgIpc) is 3.38. The molecular formula is C25H20N2O7S. The lowest BCUT2D eigenvalue weighted by molar-refractivity contribution is 0.0473. The molecule has 35 heavy (non-hydrogen) atoms. The van der Waals surface area contributed by atoms with Gasteiger partial charge in [0.05, 0.1) is 17.0 Å². The van der Waals surface area contributed by atoms with Crippen LogP contribution in [0.4, 0.5) is 16.2 Å². The van der Waals surface area contributed by atoms with Crippen LogP contribution in [0.15, 0.2) is 75.3 Å². The first-order valence-electron chi connectivity index (χ1n) is 10.6. The van der Waals surface area contributed by atoms with Crippen molar-refractivity contribution in [2.45, 2.75) is 13.5 Å². The van der Waals surface area contributed by atoms with E-state index in [4.69, 9.17) is 13.9 Å². The third-order valence-electron chi connectivity index (χ3n) is 4.83. The van der Waals surface area contributed by atoms with Gasteiger partial charge in [-0.15, -0.1) is 11.3 Å². The molecule has 0 aliphatic heterocycles. The van der Waals surface area contributed by atoms with Crippen LogP contribution in [0.5, 0.6) is 0 Å². The second kappa shape index (κ2) is 10.7. The molecule has 0 saturated carbocycles. The molecule has 0 bridgehead atoms. The van der Waals surface area contributed by atoms with Gasteiger partial charge >= 0.3 is 17.7 Å². The summed E-state index contributed by atoms with van der Waals surface area (Å²) < 4.78 is 15.4. The van der Waals surface area contributed by atoms with Crippen molar-refractivity contribution in [3.05, 3.63) is 92.5 Å². The van der Waals surface area contributed by atoms with E-state index >= 15 is 0 Å². The van der Waals surface area contributed by atoms with Crippen molar-refractivity contribution in [3.8, 4) is 0 Å². The van der Waals surface area contributed by atoms with Crippen LogP contribution in [0.3, 0.4) is 0 Å². The number of ether oxygens (including phenoxy) is 2. The molecule has 0 radical (unpaired) electrons. The maximum absolute atomic E-state index is 12.5. The van der Waals surface area contributed by atoms with Gasteiger partial charge < -0.3 is 19.2 Å². The third-order valence-corrected chi connectivity index (χ3v) is 5.70. The number of carbonyl (C=O) groups excluding carboxylic acids is 3. The van der Waals surface area contributed by atoms with Crippen molar-refractivity contribution >= 4 is 51.7 Å². The number of benzene rings is 2. The van der Waals surface area contributed by atoms with Gasteiger partial charge in [0.1, 0.15) is 12.2 Å². The highest BCUT2D eigenvalue weighted by Gasteiger charge is 2.13. The Labute approximate surface area is 203 Å². The van der Waals surface area contributed by atoms with E-state index in [9.17, 15) is 19.2 Å². The Bertz CT molecular complexity index is 1430. The molecule has 4 aromatic rings. The van der Waals surface area contributed by atoms with Crippen LogP contribution in [0.2, 0.25) is 0 Å². The number of rotatable bonds is 7. The molecule has 4 rings (SSSR count). The zero-order valence-electron chi connectivity index (χ0n) is 18.5. The third kappa shape index (κ3) is 5.92. The first-order chi connectivity index (χ1) is 16.9. The van der Waals surface area contributed by atoms with Crippen LogP contribution < -0.4 is 16.3 Å². The SMILES string of the molecule is CCOC(=O)Nc1ccc2c(COC(=O)c3ccc(NC(=O)c4cccs4)cc3)cc(=O)oc2c1. The minimum atomic E-state index is -0.628. The van der Waals surface area contributed by atoms with Crippen LogP contribution in [0.1, 0.15) is 32.5 Å². The maximum Gasteiger partial charge on any atom is 0.411 e. The Balaban J connectivity index is 1.43. The van der Waals surface area contributed by atoms with E-state index in [1.54, 1.807) is 43.3 Å². The van der Waals surface area contributed by atoms with E-state index in [2.05, 4.69) is 10.6 Å². The molecule has 2 heterocycles. The van der Waals surface area contributed by atoms with Gasteiger partial charge in [-0.2, -0.15) is 0 Å². The van der Waals surface area contributed by atoms with E-state index in [1.807, 2.05) is 5.38 Å². The molecule has 0 fully saturated rings. The summed E-state index contributed by atoms with van der Waals surface area (Å²) in [5, 5.41) is 7.66. The summed E-state index contributed by atoms with van der Waals surface area (Å²) in [5.41, 5.74) is 1.27. The smallest absolute Gasteiger partial charge is 0.411 e. The van der Waals surface area contributed by atoms with Crippen molar-refractivity contribution < 1.29 is 28.3 Å². The van der Waals surface area contributed by atoms with Gasteiger partial charge in [0.25, 0.3) is 5.91 Å². The van der Waals surface area contributed by atoms with Crippen LogP contribution in [0.25, 0.3) is 11.0 Å². The highest BCUT2D eigenvalue weighted by Crippen LogP contribution is 2.23. The van der Waals surface area contributed by atoms with Crippen molar-refractivity contribution in [1.29, 1.82) is 0 Å². The van der Waals surface area contributed by atoms with Crippen molar-refractivity contribution in [1.82, 2.24) is 0 Å². The Kier molecular flexibility index (Phi) is 7.22. The van der Waals surface area contributed by atoms with Crippen molar-refractivity contribution in [2.75, 3.05) is 17.2 Å². The molecule has 178 valence electrons. The van der Waals surface area contributed by atoms with Crippen LogP contribution in [-0.4, -0.2) is 24.6 Å². The molecule has 0 aliphatic carbocycles. The molecule has 2 N–H and O–H groups in total. The molecule has 10 heteroatoms. The molecule has 0 aliphatic rings. The Morgan fingerprint density at radius 1 is 0.943 bits per heavy atom. The van der Waals surface area contributed by atoms with Gasteiger partial charge in [0, 0.05) is 34.5 Å². The maximum atomic E-state index is 12.5. The lowest BCUT2D eigenvalue weighted by atomic mass is 10.1. The summed E-state index contributed by atoms with van der Waals surface area (Å²) in [7, 11) is 0. The number of nitrogens with one attached hydrogen (secondary N) is 2. The summed E-state index contributed by atoms with van der Waals surface area (Å²) in [6.07, 6.45) is -0.628. The minimum absolute atomic E-state index is 0.164. The molecule has 0 unspecified atom stereocenters. The lowest BCUT2D eigenvalue weighted by Gasteiger charge is -2.10. The number of esters is 1. The fourth-order valence-electron chi connectivity index (χ4n) is 3.23. The topological polar surface area (TPSA) is 124 Å². The Hall–Kier alpha value is -4.44. The normalized spacial score (nSPS) is 10.5. The fourth-order valence-corrected chi connectivity index (χ4v) is 3.85. The molecule has 0 atom stereocenters. The predicted octanol–water partition coefficient (Wildman–Crippen LogP) is 5.03. The molecule has 0 saturated heterocycles. The van der Waals surface area contributed by atoms with Gasteiger partial charge in [-0.05, 0) is 54.8 Å². The van der Waals surface area contributed by atoms with E-state index in [0.29, 0.717) is 27.2 Å². The van der Waals surface area contributed by atoms with E-state index in [0.717, 1.165) is 0 Å². The van der Waals surface area contributed by atoms with Crippen molar-refractivity contribution in [2.24, 2.45) is 0 Å². The first-order valence-corrected chi connectivity index (χ1v) is 11.4. The van der Waals surface area contributed by atoms with E-state index in [1.165, 1.54) is 35.6 Å². The minimum Gasteiger partial charge on any atom is -0.457 e. The van der Waals surface area contributed by atoms with Gasteiger partial charge in [-0.25, -0.2) is 14.4 Å². The molecule has 2 aromatic heterocycles. The zero-order chi connectivity index (χ0) is 24.8. The number of hydrogen-bond donors (Lipinski definition) is 2.